The summed E-state index contributed by atoms with van der Waals surface area (Å²) >= 11 is 0. The van der Waals surface area contributed by atoms with Crippen LogP contribution in [0.1, 0.15) is 63.5 Å². The molecule has 70 heavy (non-hydrogen) atoms. The summed E-state index contributed by atoms with van der Waals surface area (Å²) in [5.41, 5.74) is 17.1. The first kappa shape index (κ1) is 56.2. The van der Waals surface area contributed by atoms with Crippen molar-refractivity contribution in [3.8, 4) is 5.75 Å². The Kier molecular flexibility index (Phi) is 22.2. The van der Waals surface area contributed by atoms with Gasteiger partial charge in [-0.2, -0.15) is 0 Å². The lowest BCUT2D eigenvalue weighted by atomic mass is 9.96. The van der Waals surface area contributed by atoms with Gasteiger partial charge < -0.3 is 69.7 Å². The van der Waals surface area contributed by atoms with Crippen LogP contribution in [0.3, 0.4) is 0 Å². The van der Waals surface area contributed by atoms with Crippen LogP contribution in [0, 0.1) is 5.92 Å². The van der Waals surface area contributed by atoms with Gasteiger partial charge in [0.2, 0.25) is 70.9 Å². The van der Waals surface area contributed by atoms with Crippen LogP contribution in [-0.2, 0) is 70.4 Å². The van der Waals surface area contributed by atoms with Gasteiger partial charge in [0.1, 0.15) is 42.0 Å². The second-order valence-corrected chi connectivity index (χ2v) is 16.7. The zero-order valence-electron chi connectivity index (χ0n) is 39.0. The molecule has 2 aromatic rings. The summed E-state index contributed by atoms with van der Waals surface area (Å²) in [6.07, 6.45) is -2.70. The maximum Gasteiger partial charge on any atom is 0.245 e. The molecule has 0 radical (unpaired) electrons. The summed E-state index contributed by atoms with van der Waals surface area (Å²) in [6, 6.07) is 5.08. The van der Waals surface area contributed by atoms with Gasteiger partial charge in [0.25, 0.3) is 0 Å². The molecule has 2 unspecified atom stereocenters. The Balaban J connectivity index is 2.01. The Morgan fingerprint density at radius 3 is 1.99 bits per heavy atom. The highest BCUT2D eigenvalue weighted by atomic mass is 16.3. The van der Waals surface area contributed by atoms with E-state index in [0.29, 0.717) is 17.5 Å². The number of nitrogens with two attached hydrogens (primary N) is 3. The molecule has 1 aliphatic rings. The van der Waals surface area contributed by atoms with E-state index in [1.165, 1.54) is 31.3 Å². The van der Waals surface area contributed by atoms with Crippen LogP contribution in [0.25, 0.3) is 0 Å². The first-order valence-electron chi connectivity index (χ1n) is 22.3. The van der Waals surface area contributed by atoms with Crippen molar-refractivity contribution >= 4 is 70.9 Å². The quantitative estimate of drug-likeness (QED) is 0.0669. The fourth-order valence-corrected chi connectivity index (χ4v) is 7.01. The lowest BCUT2D eigenvalue weighted by molar-refractivity contribution is -0.140. The van der Waals surface area contributed by atoms with E-state index >= 15 is 0 Å². The highest BCUT2D eigenvalue weighted by molar-refractivity contribution is 5.99. The third-order valence-electron chi connectivity index (χ3n) is 11.0. The molecule has 0 aliphatic carbocycles. The summed E-state index contributed by atoms with van der Waals surface area (Å²) < 4.78 is 0. The minimum absolute atomic E-state index is 0.0363. The molecule has 25 nitrogen and oxygen atoms in total. The van der Waals surface area contributed by atoms with E-state index in [1.807, 2.05) is 0 Å². The van der Waals surface area contributed by atoms with E-state index in [1.54, 1.807) is 44.2 Å². The van der Waals surface area contributed by atoms with Crippen molar-refractivity contribution in [3.05, 3.63) is 65.7 Å². The number of carbonyl (C=O) groups is 12. The summed E-state index contributed by atoms with van der Waals surface area (Å²) in [4.78, 5) is 159. The molecule has 1 aliphatic heterocycles. The highest BCUT2D eigenvalue weighted by Gasteiger charge is 2.36. The van der Waals surface area contributed by atoms with Gasteiger partial charge in [0.15, 0.2) is 0 Å². The molecular weight excluding hydrogens is 917 g/mol. The van der Waals surface area contributed by atoms with Gasteiger partial charge >= 0.3 is 0 Å². The summed E-state index contributed by atoms with van der Waals surface area (Å²) in [7, 11) is 1.17. The molecule has 12 amide bonds. The molecule has 1 heterocycles. The number of phenolic OH excluding ortho intramolecular Hbond substituents is 1. The fraction of sp³-hybridized carbons (Fsp3) is 0.467. The summed E-state index contributed by atoms with van der Waals surface area (Å²) in [5.74, 6) is -11.9. The number of nitrogens with one attached hydrogen (secondary N) is 8. The van der Waals surface area contributed by atoms with Crippen molar-refractivity contribution in [2.45, 2.75) is 101 Å². The maximum absolute atomic E-state index is 14.1. The van der Waals surface area contributed by atoms with Crippen LogP contribution in [0.5, 0.6) is 5.75 Å². The number of primary amides is 3. The van der Waals surface area contributed by atoms with Crippen LogP contribution >= 0.6 is 0 Å². The van der Waals surface area contributed by atoms with E-state index in [-0.39, 0.29) is 18.6 Å². The molecule has 1 saturated heterocycles. The van der Waals surface area contributed by atoms with Crippen LogP contribution < -0.4 is 59.7 Å². The number of aromatic hydroxyl groups is 1. The zero-order chi connectivity index (χ0) is 52.1. The Labute approximate surface area is 402 Å². The van der Waals surface area contributed by atoms with E-state index in [4.69, 9.17) is 17.2 Å². The number of rotatable bonds is 18. The minimum atomic E-state index is -1.84. The zero-order valence-corrected chi connectivity index (χ0v) is 39.0. The Hall–Kier alpha value is -8.12. The molecule has 7 atom stereocenters. The predicted molar refractivity (Wildman–Crippen MR) is 247 cm³/mol. The van der Waals surface area contributed by atoms with Crippen molar-refractivity contribution < 1.29 is 62.6 Å². The number of benzene rings is 2. The van der Waals surface area contributed by atoms with Gasteiger partial charge in [0, 0.05) is 32.7 Å². The summed E-state index contributed by atoms with van der Waals surface area (Å²) in [6.45, 7) is 1.38. The number of likely N-dealkylation sites (N-methyl/N-ethyl adjacent to an activating group) is 1. The summed E-state index contributed by atoms with van der Waals surface area (Å²) in [5, 5.41) is 29.3. The van der Waals surface area contributed by atoms with Crippen LogP contribution in [-0.4, -0.2) is 144 Å². The molecule has 0 spiro atoms. The first-order chi connectivity index (χ1) is 33.1. The van der Waals surface area contributed by atoms with Crippen LogP contribution in [0.2, 0.25) is 0 Å². The number of nitrogens with zero attached hydrogens (tertiary/aromatic N) is 1. The van der Waals surface area contributed by atoms with Crippen molar-refractivity contribution in [1.29, 1.82) is 0 Å². The third kappa shape index (κ3) is 19.2. The highest BCUT2D eigenvalue weighted by Crippen LogP contribution is 2.15. The molecule has 25 heteroatoms. The Bertz CT molecular complexity index is 2250. The normalized spacial score (nSPS) is 20.5. The van der Waals surface area contributed by atoms with Crippen molar-refractivity contribution in [3.63, 3.8) is 0 Å². The molecule has 15 N–H and O–H groups in total. The monoisotopic (exact) mass is 978 g/mol. The number of amides is 12. The first-order valence-corrected chi connectivity index (χ1v) is 22.3. The number of phenols is 1. The van der Waals surface area contributed by atoms with Crippen LogP contribution in [0.4, 0.5) is 0 Å². The Morgan fingerprint density at radius 2 is 1.37 bits per heavy atom. The molecule has 0 aromatic heterocycles. The molecule has 2 aromatic carbocycles. The van der Waals surface area contributed by atoms with E-state index in [9.17, 15) is 62.6 Å². The van der Waals surface area contributed by atoms with Gasteiger partial charge in [-0.05, 0) is 42.0 Å². The van der Waals surface area contributed by atoms with Gasteiger partial charge in [-0.1, -0.05) is 62.7 Å². The predicted octanol–water partition coefficient (Wildman–Crippen LogP) is -4.76. The smallest absolute Gasteiger partial charge is 0.245 e. The van der Waals surface area contributed by atoms with Gasteiger partial charge in [-0.15, -0.1) is 0 Å². The largest absolute Gasteiger partial charge is 0.508 e. The third-order valence-corrected chi connectivity index (χ3v) is 11.0. The molecule has 0 saturated carbocycles. The van der Waals surface area contributed by atoms with Crippen molar-refractivity contribution in [1.82, 2.24) is 47.4 Å². The van der Waals surface area contributed by atoms with Gasteiger partial charge in [-0.3, -0.25) is 57.5 Å². The average molecular weight is 979 g/mol. The molecule has 380 valence electrons. The van der Waals surface area contributed by atoms with Crippen LogP contribution in [0.15, 0.2) is 54.6 Å². The molecular formula is C45H62N12O13. The second-order valence-electron chi connectivity index (χ2n) is 16.7. The van der Waals surface area contributed by atoms with Gasteiger partial charge in [0.05, 0.1) is 26.1 Å². The number of hydrogen-bond donors (Lipinski definition) is 12. The average Bonchev–Trinajstić information content (AvgIpc) is 3.30. The van der Waals surface area contributed by atoms with Gasteiger partial charge in [-0.25, -0.2) is 0 Å². The number of carbonyl (C=O) groups excluding carboxylic acids is 12. The fourth-order valence-electron chi connectivity index (χ4n) is 7.01. The lowest BCUT2D eigenvalue weighted by Crippen LogP contribution is -2.61. The van der Waals surface area contributed by atoms with E-state index < -0.39 is 165 Å². The Morgan fingerprint density at radius 1 is 0.743 bits per heavy atom. The maximum atomic E-state index is 14.1. The second kappa shape index (κ2) is 27.6. The number of hydrogen-bond acceptors (Lipinski definition) is 13. The minimum Gasteiger partial charge on any atom is -0.508 e. The SMILES string of the molecule is CCC(C)C1NC(=O)[C@H](Cc2ccc(O)cc2)NC(=O)CNC(=O)CC[C@@H](C(=O)N(C)CC(=O)N[C@@H](Cc2ccccc2)C(=O)NCC(N)=O)NC(=O)[C@H](CC(N)=O)NC(=O)[C@H](CCC(N)=O)NC1=O. The topological polar surface area (TPSA) is 403 Å². The lowest BCUT2D eigenvalue weighted by Gasteiger charge is -2.29. The molecule has 0 bridgehead atoms. The molecule has 3 rings (SSSR count). The standard InChI is InChI=1S/C45H62N12O13/c1-4-24(2)39-44(69)53-28(14-16-33(46)59)41(66)55-32(20-34(47)60)42(67)54-29(15-17-36(62)49-22-37(63)51-31(43(68)56-39)19-26-10-12-27(58)13-11-26)45(70)57(3)23-38(64)52-30(40(65)50-21-35(48)61)18-25-8-6-5-7-9-25/h5-13,24,28-32,39,58H,4,14-23H2,1-3H3,(H2,46,59)(H2,47,60)(H2,48,61)(H,49,62)(H,50,65)(H,51,63)(H,52,64)(H,53,69)(H,54,67)(H,55,66)(H,56,68)/t24?,28-,29-,30-,31-,32-,39?/m0/s1. The van der Waals surface area contributed by atoms with E-state index in [2.05, 4.69) is 42.5 Å². The van der Waals surface area contributed by atoms with Crippen molar-refractivity contribution in [2.75, 3.05) is 26.7 Å². The van der Waals surface area contributed by atoms with Crippen molar-refractivity contribution in [2.24, 2.45) is 23.1 Å². The molecule has 1 fully saturated rings. The van der Waals surface area contributed by atoms with E-state index in [0.717, 1.165) is 4.90 Å².